The molecule has 0 radical (unpaired) electrons. The molecule has 0 spiro atoms. The molecule has 19 heavy (non-hydrogen) atoms. The van der Waals surface area contributed by atoms with Crippen molar-refractivity contribution < 1.29 is 4.79 Å². The molecule has 2 aliphatic carbocycles. The summed E-state index contributed by atoms with van der Waals surface area (Å²) in [4.78, 5) is 11.9. The van der Waals surface area contributed by atoms with Gasteiger partial charge in [-0.05, 0) is 55.9 Å². The van der Waals surface area contributed by atoms with Gasteiger partial charge < -0.3 is 0 Å². The van der Waals surface area contributed by atoms with Crippen molar-refractivity contribution in [2.24, 2.45) is 11.8 Å². The summed E-state index contributed by atoms with van der Waals surface area (Å²) in [6.45, 7) is 1.75. The molecule has 0 heterocycles. The summed E-state index contributed by atoms with van der Waals surface area (Å²) in [7, 11) is 0. The lowest BCUT2D eigenvalue weighted by Crippen LogP contribution is -2.45. The van der Waals surface area contributed by atoms with E-state index in [0.29, 0.717) is 11.7 Å². The predicted molar refractivity (Wildman–Crippen MR) is 78.5 cm³/mol. The van der Waals surface area contributed by atoms with Crippen LogP contribution in [0.2, 0.25) is 0 Å². The molecule has 0 aromatic heterocycles. The van der Waals surface area contributed by atoms with E-state index in [1.54, 1.807) is 6.92 Å². The Bertz CT molecular complexity index is 465. The monoisotopic (exact) mass is 276 g/mol. The zero-order valence-corrected chi connectivity index (χ0v) is 12.2. The van der Waals surface area contributed by atoms with Crippen LogP contribution in [0.4, 0.5) is 0 Å². The van der Waals surface area contributed by atoms with Crippen molar-refractivity contribution in [1.82, 2.24) is 0 Å². The summed E-state index contributed by atoms with van der Waals surface area (Å²) in [6.07, 6.45) is 5.36. The third-order valence-electron chi connectivity index (χ3n) is 5.10. The van der Waals surface area contributed by atoms with E-state index in [9.17, 15) is 4.79 Å². The zero-order valence-electron chi connectivity index (χ0n) is 11.4. The number of fused-ring (bicyclic) bond motifs is 2. The van der Waals surface area contributed by atoms with Gasteiger partial charge in [0.05, 0.1) is 0 Å². The third kappa shape index (κ3) is 2.45. The first-order chi connectivity index (χ1) is 9.09. The molecule has 1 nitrogen and oxygen atoms in total. The van der Waals surface area contributed by atoms with Crippen LogP contribution < -0.4 is 0 Å². The maximum Gasteiger partial charge on any atom is 0.132 e. The van der Waals surface area contributed by atoms with Crippen molar-refractivity contribution in [3.8, 4) is 0 Å². The van der Waals surface area contributed by atoms with Gasteiger partial charge in [-0.1, -0.05) is 30.3 Å². The molecule has 102 valence electrons. The van der Waals surface area contributed by atoms with Crippen molar-refractivity contribution in [1.29, 1.82) is 0 Å². The molecule has 1 aromatic carbocycles. The van der Waals surface area contributed by atoms with Gasteiger partial charge in [0.15, 0.2) is 0 Å². The summed E-state index contributed by atoms with van der Waals surface area (Å²) in [6, 6.07) is 10.7. The Hall–Kier alpha value is -0.820. The normalized spacial score (nSPS) is 37.9. The smallest absolute Gasteiger partial charge is 0.132 e. The third-order valence-corrected chi connectivity index (χ3v) is 5.43. The second-order valence-electron chi connectivity index (χ2n) is 6.50. The highest BCUT2D eigenvalue weighted by atomic mass is 35.5. The number of Topliss-reactive ketones (excluding diaryl/α,β-unsaturated/α-hetero) is 1. The average molecular weight is 277 g/mol. The van der Waals surface area contributed by atoms with E-state index in [0.717, 1.165) is 25.7 Å². The molecule has 0 amide bonds. The number of hydrogen-bond donors (Lipinski definition) is 0. The number of hydrogen-bond acceptors (Lipinski definition) is 1. The van der Waals surface area contributed by atoms with E-state index in [1.165, 1.54) is 12.0 Å². The quantitative estimate of drug-likeness (QED) is 0.735. The van der Waals surface area contributed by atoms with Gasteiger partial charge in [-0.2, -0.15) is 0 Å². The van der Waals surface area contributed by atoms with Crippen LogP contribution in [0.25, 0.3) is 0 Å². The second kappa shape index (κ2) is 4.94. The Morgan fingerprint density at radius 1 is 1.16 bits per heavy atom. The molecule has 0 aliphatic heterocycles. The molecule has 0 N–H and O–H groups in total. The first kappa shape index (κ1) is 13.2. The van der Waals surface area contributed by atoms with Gasteiger partial charge >= 0.3 is 0 Å². The minimum absolute atomic E-state index is 0.144. The van der Waals surface area contributed by atoms with Crippen LogP contribution in [0.15, 0.2) is 30.3 Å². The second-order valence-corrected chi connectivity index (χ2v) is 7.12. The first-order valence-electron chi connectivity index (χ1n) is 7.29. The molecular formula is C17H21ClO. The van der Waals surface area contributed by atoms with Crippen molar-refractivity contribution in [3.63, 3.8) is 0 Å². The molecule has 2 saturated carbocycles. The minimum atomic E-state index is 0.144. The number of alkyl halides is 1. The highest BCUT2D eigenvalue weighted by Crippen LogP contribution is 2.53. The van der Waals surface area contributed by atoms with E-state index in [-0.39, 0.29) is 16.7 Å². The topological polar surface area (TPSA) is 17.1 Å². The van der Waals surface area contributed by atoms with Crippen LogP contribution in [0, 0.1) is 11.8 Å². The Balaban J connectivity index is 1.98. The summed E-state index contributed by atoms with van der Waals surface area (Å²) < 4.78 is 0. The lowest BCUT2D eigenvalue weighted by Gasteiger charge is -2.50. The molecule has 0 saturated heterocycles. The SMILES string of the molecule is CC(=O)C1CC2CC(Cl)CC(c3ccccc3)(C2)C1. The number of carbonyl (C=O) groups excluding carboxylic acids is 1. The average Bonchev–Trinajstić information content (AvgIpc) is 2.38. The summed E-state index contributed by atoms with van der Waals surface area (Å²) >= 11 is 6.50. The largest absolute Gasteiger partial charge is 0.300 e. The highest BCUT2D eigenvalue weighted by molar-refractivity contribution is 6.20. The maximum absolute atomic E-state index is 11.9. The molecule has 2 bridgehead atoms. The lowest BCUT2D eigenvalue weighted by atomic mass is 9.56. The van der Waals surface area contributed by atoms with Gasteiger partial charge in [-0.15, -0.1) is 11.6 Å². The molecule has 2 fully saturated rings. The fourth-order valence-electron chi connectivity index (χ4n) is 4.35. The minimum Gasteiger partial charge on any atom is -0.300 e. The fourth-order valence-corrected chi connectivity index (χ4v) is 4.89. The zero-order chi connectivity index (χ0) is 13.5. The van der Waals surface area contributed by atoms with Crippen molar-refractivity contribution >= 4 is 17.4 Å². The number of benzene rings is 1. The van der Waals surface area contributed by atoms with E-state index in [4.69, 9.17) is 11.6 Å². The number of carbonyl (C=O) groups is 1. The first-order valence-corrected chi connectivity index (χ1v) is 7.73. The predicted octanol–water partition coefficient (Wildman–Crippen LogP) is 4.33. The van der Waals surface area contributed by atoms with Crippen LogP contribution >= 0.6 is 11.6 Å². The van der Waals surface area contributed by atoms with Gasteiger partial charge in [-0.3, -0.25) is 4.79 Å². The number of halogens is 1. The molecule has 1 aromatic rings. The van der Waals surface area contributed by atoms with Crippen LogP contribution in [0.5, 0.6) is 0 Å². The molecule has 2 heteroatoms. The molecule has 4 unspecified atom stereocenters. The summed E-state index contributed by atoms with van der Waals surface area (Å²) in [5.41, 5.74) is 1.53. The van der Waals surface area contributed by atoms with Crippen LogP contribution in [-0.2, 0) is 10.2 Å². The van der Waals surface area contributed by atoms with E-state index in [2.05, 4.69) is 30.3 Å². The Kier molecular flexibility index (Phi) is 3.42. The Labute approximate surface area is 120 Å². The van der Waals surface area contributed by atoms with Crippen LogP contribution in [-0.4, -0.2) is 11.2 Å². The number of ketones is 1. The maximum atomic E-state index is 11.9. The van der Waals surface area contributed by atoms with Crippen LogP contribution in [0.1, 0.15) is 44.6 Å². The summed E-state index contributed by atoms with van der Waals surface area (Å²) in [5.74, 6) is 1.22. The molecule has 3 rings (SSSR count). The fraction of sp³-hybridized carbons (Fsp3) is 0.588. The Morgan fingerprint density at radius 2 is 1.89 bits per heavy atom. The number of rotatable bonds is 2. The van der Waals surface area contributed by atoms with Crippen LogP contribution in [0.3, 0.4) is 0 Å². The molecular weight excluding hydrogens is 256 g/mol. The highest BCUT2D eigenvalue weighted by Gasteiger charge is 2.47. The van der Waals surface area contributed by atoms with E-state index >= 15 is 0 Å². The molecule has 2 aliphatic rings. The van der Waals surface area contributed by atoms with E-state index in [1.807, 2.05) is 0 Å². The van der Waals surface area contributed by atoms with Crippen molar-refractivity contribution in [2.75, 3.05) is 0 Å². The standard InChI is InChI=1S/C17H21ClO/c1-12(19)14-7-13-8-16(18)11-17(9-13,10-14)15-5-3-2-4-6-15/h2-6,13-14,16H,7-11H2,1H3. The van der Waals surface area contributed by atoms with E-state index < -0.39 is 0 Å². The van der Waals surface area contributed by atoms with Gasteiger partial charge in [0.25, 0.3) is 0 Å². The summed E-state index contributed by atoms with van der Waals surface area (Å²) in [5, 5.41) is 0.270. The lowest BCUT2D eigenvalue weighted by molar-refractivity contribution is -0.123. The van der Waals surface area contributed by atoms with Gasteiger partial charge in [0.2, 0.25) is 0 Å². The van der Waals surface area contributed by atoms with Crippen molar-refractivity contribution in [2.45, 2.75) is 49.8 Å². The van der Waals surface area contributed by atoms with Gasteiger partial charge in [0, 0.05) is 11.3 Å². The van der Waals surface area contributed by atoms with Gasteiger partial charge in [-0.25, -0.2) is 0 Å². The Morgan fingerprint density at radius 3 is 2.58 bits per heavy atom. The van der Waals surface area contributed by atoms with Crippen molar-refractivity contribution in [3.05, 3.63) is 35.9 Å². The molecule has 4 atom stereocenters. The van der Waals surface area contributed by atoms with Gasteiger partial charge in [0.1, 0.15) is 5.78 Å².